The number of fused-ring (bicyclic) bond motifs is 1. The van der Waals surface area contributed by atoms with Crippen molar-refractivity contribution < 1.29 is 9.84 Å². The van der Waals surface area contributed by atoms with Crippen LogP contribution in [0.1, 0.15) is 17.2 Å². The number of nitrogens with one attached hydrogen (secondary N) is 1. The maximum atomic E-state index is 10.6. The van der Waals surface area contributed by atoms with Crippen LogP contribution in [0.2, 0.25) is 0 Å². The highest BCUT2D eigenvalue weighted by Gasteiger charge is 2.15. The summed E-state index contributed by atoms with van der Waals surface area (Å²) in [5.41, 5.74) is 2.74. The van der Waals surface area contributed by atoms with E-state index in [9.17, 15) is 5.11 Å². The van der Waals surface area contributed by atoms with Crippen molar-refractivity contribution in [2.75, 3.05) is 7.11 Å². The summed E-state index contributed by atoms with van der Waals surface area (Å²) in [5.74, 6) is 0.751. The number of aliphatic hydroxyl groups excluding tert-OH is 1. The van der Waals surface area contributed by atoms with Gasteiger partial charge in [-0.3, -0.25) is 0 Å². The zero-order valence-electron chi connectivity index (χ0n) is 10.9. The van der Waals surface area contributed by atoms with E-state index in [1.54, 1.807) is 7.11 Å². The Morgan fingerprint density at radius 3 is 2.80 bits per heavy atom. The van der Waals surface area contributed by atoms with E-state index in [1.807, 2.05) is 48.7 Å². The van der Waals surface area contributed by atoms with Gasteiger partial charge in [-0.05, 0) is 51.3 Å². The molecule has 3 rings (SSSR count). The largest absolute Gasteiger partial charge is 0.496 e. The summed E-state index contributed by atoms with van der Waals surface area (Å²) in [4.78, 5) is 3.16. The van der Waals surface area contributed by atoms with Crippen molar-refractivity contribution in [1.29, 1.82) is 0 Å². The van der Waals surface area contributed by atoms with Crippen molar-refractivity contribution in [2.24, 2.45) is 0 Å². The first kappa shape index (κ1) is 13.2. The monoisotopic (exact) mass is 331 g/mol. The van der Waals surface area contributed by atoms with E-state index in [1.165, 1.54) is 0 Å². The van der Waals surface area contributed by atoms with Crippen molar-refractivity contribution >= 4 is 26.8 Å². The molecule has 2 aromatic carbocycles. The Hall–Kier alpha value is -1.78. The molecular formula is C16H14BrNO2. The Kier molecular flexibility index (Phi) is 3.51. The lowest BCUT2D eigenvalue weighted by molar-refractivity contribution is 0.221. The number of aliphatic hydroxyl groups is 1. The topological polar surface area (TPSA) is 45.2 Å². The van der Waals surface area contributed by atoms with Gasteiger partial charge < -0.3 is 14.8 Å². The predicted octanol–water partition coefficient (Wildman–Crippen LogP) is 4.02. The van der Waals surface area contributed by atoms with Gasteiger partial charge in [-0.2, -0.15) is 0 Å². The Morgan fingerprint density at radius 2 is 2.05 bits per heavy atom. The SMILES string of the molecule is COc1ccc(C(O)c2cccc3[nH]ccc23)cc1Br. The van der Waals surface area contributed by atoms with Crippen LogP contribution in [-0.4, -0.2) is 17.2 Å². The molecule has 4 heteroatoms. The molecule has 0 aliphatic rings. The highest BCUT2D eigenvalue weighted by molar-refractivity contribution is 9.10. The second-order valence-electron chi connectivity index (χ2n) is 4.58. The van der Waals surface area contributed by atoms with Gasteiger partial charge in [0.15, 0.2) is 0 Å². The molecule has 1 unspecified atom stereocenters. The van der Waals surface area contributed by atoms with E-state index < -0.39 is 6.10 Å². The zero-order chi connectivity index (χ0) is 14.1. The zero-order valence-corrected chi connectivity index (χ0v) is 12.5. The number of rotatable bonds is 3. The smallest absolute Gasteiger partial charge is 0.133 e. The van der Waals surface area contributed by atoms with Gasteiger partial charge in [0.2, 0.25) is 0 Å². The molecule has 0 saturated carbocycles. The molecule has 1 atom stereocenters. The Balaban J connectivity index is 2.06. The van der Waals surface area contributed by atoms with Gasteiger partial charge >= 0.3 is 0 Å². The lowest BCUT2D eigenvalue weighted by Crippen LogP contribution is -2.00. The van der Waals surface area contributed by atoms with Crippen LogP contribution < -0.4 is 4.74 Å². The molecule has 0 amide bonds. The first-order valence-corrected chi connectivity index (χ1v) is 7.07. The molecule has 20 heavy (non-hydrogen) atoms. The molecule has 0 radical (unpaired) electrons. The van der Waals surface area contributed by atoms with Gasteiger partial charge in [0.05, 0.1) is 11.6 Å². The molecule has 0 aliphatic heterocycles. The molecule has 0 spiro atoms. The first-order chi connectivity index (χ1) is 9.70. The Bertz CT molecular complexity index is 751. The summed E-state index contributed by atoms with van der Waals surface area (Å²) in [7, 11) is 1.62. The molecule has 1 heterocycles. The number of benzene rings is 2. The fourth-order valence-corrected chi connectivity index (χ4v) is 2.94. The molecule has 102 valence electrons. The molecule has 0 saturated heterocycles. The molecule has 3 nitrogen and oxygen atoms in total. The third kappa shape index (κ3) is 2.21. The minimum atomic E-state index is -0.670. The molecular weight excluding hydrogens is 318 g/mol. The molecule has 0 bridgehead atoms. The fourth-order valence-electron chi connectivity index (χ4n) is 2.38. The average Bonchev–Trinajstić information content (AvgIpc) is 2.94. The standard InChI is InChI=1S/C16H14BrNO2/c1-20-15-6-5-10(9-13(15)17)16(19)12-3-2-4-14-11(12)7-8-18-14/h2-9,16,18-19H,1H3. The van der Waals surface area contributed by atoms with Crippen molar-refractivity contribution in [3.63, 3.8) is 0 Å². The van der Waals surface area contributed by atoms with E-state index in [-0.39, 0.29) is 0 Å². The number of H-pyrrole nitrogens is 1. The van der Waals surface area contributed by atoms with Crippen molar-refractivity contribution in [2.45, 2.75) is 6.10 Å². The highest BCUT2D eigenvalue weighted by atomic mass is 79.9. The van der Waals surface area contributed by atoms with Crippen LogP contribution in [0, 0.1) is 0 Å². The lowest BCUT2D eigenvalue weighted by Gasteiger charge is -2.14. The Labute approximate surface area is 125 Å². The van der Waals surface area contributed by atoms with E-state index >= 15 is 0 Å². The molecule has 0 aliphatic carbocycles. The van der Waals surface area contributed by atoms with Gasteiger partial charge in [-0.1, -0.05) is 18.2 Å². The summed E-state index contributed by atoms with van der Waals surface area (Å²) in [5, 5.41) is 11.7. The molecule has 1 aromatic heterocycles. The van der Waals surface area contributed by atoms with Gasteiger partial charge in [0, 0.05) is 17.1 Å². The van der Waals surface area contributed by atoms with Crippen molar-refractivity contribution in [3.8, 4) is 5.75 Å². The second-order valence-corrected chi connectivity index (χ2v) is 5.44. The molecule has 0 fully saturated rings. The summed E-state index contributed by atoms with van der Waals surface area (Å²) >= 11 is 3.45. The van der Waals surface area contributed by atoms with Gasteiger partial charge in [0.25, 0.3) is 0 Å². The van der Waals surface area contributed by atoms with Crippen molar-refractivity contribution in [1.82, 2.24) is 4.98 Å². The van der Waals surface area contributed by atoms with Crippen LogP contribution in [0.25, 0.3) is 10.9 Å². The average molecular weight is 332 g/mol. The number of hydrogen-bond donors (Lipinski definition) is 2. The van der Waals surface area contributed by atoms with E-state index in [0.29, 0.717) is 0 Å². The fraction of sp³-hybridized carbons (Fsp3) is 0.125. The number of aromatic nitrogens is 1. The number of hydrogen-bond acceptors (Lipinski definition) is 2. The highest BCUT2D eigenvalue weighted by Crippen LogP contribution is 2.33. The maximum absolute atomic E-state index is 10.6. The number of methoxy groups -OCH3 is 1. The van der Waals surface area contributed by atoms with Crippen LogP contribution in [0.5, 0.6) is 5.75 Å². The summed E-state index contributed by atoms with van der Waals surface area (Å²) in [6.07, 6.45) is 1.21. The van der Waals surface area contributed by atoms with Crippen LogP contribution in [0.15, 0.2) is 53.1 Å². The minimum Gasteiger partial charge on any atom is -0.496 e. The normalized spacial score (nSPS) is 12.6. The van der Waals surface area contributed by atoms with Gasteiger partial charge in [-0.15, -0.1) is 0 Å². The minimum absolute atomic E-state index is 0.670. The maximum Gasteiger partial charge on any atom is 0.133 e. The summed E-state index contributed by atoms with van der Waals surface area (Å²) in [6, 6.07) is 13.5. The third-order valence-corrected chi connectivity index (χ3v) is 4.03. The van der Waals surface area contributed by atoms with Crippen LogP contribution in [-0.2, 0) is 0 Å². The Morgan fingerprint density at radius 1 is 1.20 bits per heavy atom. The van der Waals surface area contributed by atoms with Gasteiger partial charge in [0.1, 0.15) is 11.9 Å². The molecule has 3 aromatic rings. The summed E-state index contributed by atoms with van der Waals surface area (Å²) in [6.45, 7) is 0. The predicted molar refractivity (Wildman–Crippen MR) is 83.1 cm³/mol. The van der Waals surface area contributed by atoms with Gasteiger partial charge in [-0.25, -0.2) is 0 Å². The quantitative estimate of drug-likeness (QED) is 0.761. The number of ether oxygens (including phenoxy) is 1. The number of halogens is 1. The van der Waals surface area contributed by atoms with Crippen molar-refractivity contribution in [3.05, 3.63) is 64.3 Å². The van der Waals surface area contributed by atoms with Crippen LogP contribution in [0.3, 0.4) is 0 Å². The van der Waals surface area contributed by atoms with E-state index in [0.717, 1.165) is 32.3 Å². The van der Waals surface area contributed by atoms with Crippen LogP contribution >= 0.6 is 15.9 Å². The first-order valence-electron chi connectivity index (χ1n) is 6.28. The second kappa shape index (κ2) is 5.31. The lowest BCUT2D eigenvalue weighted by atomic mass is 9.98. The third-order valence-electron chi connectivity index (χ3n) is 3.41. The number of aromatic amines is 1. The molecule has 2 N–H and O–H groups in total. The summed E-state index contributed by atoms with van der Waals surface area (Å²) < 4.78 is 6.04. The van der Waals surface area contributed by atoms with E-state index in [2.05, 4.69) is 20.9 Å². The van der Waals surface area contributed by atoms with Crippen LogP contribution in [0.4, 0.5) is 0 Å². The van der Waals surface area contributed by atoms with E-state index in [4.69, 9.17) is 4.74 Å².